The Balaban J connectivity index is 1.61. The number of pyridine rings is 1. The van der Waals surface area contributed by atoms with E-state index in [1.807, 2.05) is 67.1 Å². The zero-order valence-corrected chi connectivity index (χ0v) is 20.9. The Bertz CT molecular complexity index is 1210. The first kappa shape index (κ1) is 22.6. The van der Waals surface area contributed by atoms with Crippen molar-refractivity contribution in [1.82, 2.24) is 9.66 Å². The maximum absolute atomic E-state index is 13.1. The van der Waals surface area contributed by atoms with Gasteiger partial charge in [-0.25, -0.2) is 0 Å². The molecule has 1 aliphatic rings. The molecule has 0 radical (unpaired) electrons. The Hall–Kier alpha value is -2.62. The van der Waals surface area contributed by atoms with Gasteiger partial charge in [0, 0.05) is 17.6 Å². The molecule has 0 unspecified atom stereocenters. The van der Waals surface area contributed by atoms with Crippen molar-refractivity contribution in [2.24, 2.45) is 0 Å². The maximum atomic E-state index is 13.1. The lowest BCUT2D eigenvalue weighted by Crippen LogP contribution is -2.39. The number of halogens is 1. The summed E-state index contributed by atoms with van der Waals surface area (Å²) in [4.78, 5) is 18.0. The van der Waals surface area contributed by atoms with E-state index in [4.69, 9.17) is 21.7 Å². The van der Waals surface area contributed by atoms with E-state index in [-0.39, 0.29) is 5.91 Å². The van der Waals surface area contributed by atoms with Crippen LogP contribution in [0.5, 0.6) is 11.5 Å². The molecule has 0 aliphatic carbocycles. The van der Waals surface area contributed by atoms with Crippen molar-refractivity contribution in [3.63, 3.8) is 0 Å². The predicted octanol–water partition coefficient (Wildman–Crippen LogP) is 5.39. The fraction of sp³-hybridized carbons (Fsp3) is 0.174. The molecular formula is C23H20BrN3O3S2. The molecule has 0 saturated carbocycles. The third-order valence-corrected chi connectivity index (χ3v) is 6.72. The van der Waals surface area contributed by atoms with E-state index in [0.717, 1.165) is 22.6 Å². The lowest BCUT2D eigenvalue weighted by Gasteiger charge is -2.20. The average Bonchev–Trinajstić information content (AvgIpc) is 3.24. The minimum atomic E-state index is -0.159. The number of rotatable bonds is 6. The summed E-state index contributed by atoms with van der Waals surface area (Å²) in [5.41, 5.74) is 3.49. The Morgan fingerprint density at radius 2 is 1.94 bits per heavy atom. The number of carbonyl (C=O) groups is 1. The normalized spacial score (nSPS) is 15.0. The summed E-state index contributed by atoms with van der Waals surface area (Å²) in [6.07, 6.45) is 3.53. The second-order valence-corrected chi connectivity index (χ2v) is 9.60. The molecule has 3 heterocycles. The number of thioether (sulfide) groups is 1. The summed E-state index contributed by atoms with van der Waals surface area (Å²) in [7, 11) is 1.58. The number of nitrogens with zero attached hydrogens (tertiary/aromatic N) is 3. The van der Waals surface area contributed by atoms with Gasteiger partial charge < -0.3 is 9.47 Å². The van der Waals surface area contributed by atoms with Crippen molar-refractivity contribution in [3.8, 4) is 11.5 Å². The third kappa shape index (κ3) is 4.46. The number of aromatic nitrogens is 2. The summed E-state index contributed by atoms with van der Waals surface area (Å²) in [6.45, 7) is 4.20. The molecular weight excluding hydrogens is 510 g/mol. The second kappa shape index (κ2) is 9.48. The van der Waals surface area contributed by atoms with Crippen LogP contribution in [-0.4, -0.2) is 27.0 Å². The van der Waals surface area contributed by atoms with E-state index in [9.17, 15) is 4.79 Å². The van der Waals surface area contributed by atoms with Crippen LogP contribution in [0.3, 0.4) is 0 Å². The van der Waals surface area contributed by atoms with Gasteiger partial charge >= 0.3 is 0 Å². The van der Waals surface area contributed by atoms with Crippen molar-refractivity contribution < 1.29 is 14.3 Å². The highest BCUT2D eigenvalue weighted by atomic mass is 79.9. The summed E-state index contributed by atoms with van der Waals surface area (Å²) in [5, 5.41) is 1.53. The van der Waals surface area contributed by atoms with Crippen LogP contribution in [0, 0.1) is 13.8 Å². The summed E-state index contributed by atoms with van der Waals surface area (Å²) in [5.74, 6) is 0.962. The Kier molecular flexibility index (Phi) is 6.68. The van der Waals surface area contributed by atoms with Crippen LogP contribution in [0.1, 0.15) is 22.6 Å². The molecule has 1 fully saturated rings. The van der Waals surface area contributed by atoms with Crippen LogP contribution in [0.25, 0.3) is 6.08 Å². The number of amides is 1. The number of hydrogen-bond donors (Lipinski definition) is 0. The molecule has 6 nitrogen and oxygen atoms in total. The second-order valence-electron chi connectivity index (χ2n) is 7.07. The highest BCUT2D eigenvalue weighted by Gasteiger charge is 2.34. The van der Waals surface area contributed by atoms with E-state index in [0.29, 0.717) is 31.8 Å². The van der Waals surface area contributed by atoms with Crippen LogP contribution in [0.4, 0.5) is 0 Å². The van der Waals surface area contributed by atoms with Gasteiger partial charge in [0.1, 0.15) is 6.61 Å². The molecule has 0 atom stereocenters. The van der Waals surface area contributed by atoms with Gasteiger partial charge in [-0.15, -0.1) is 0 Å². The molecule has 32 heavy (non-hydrogen) atoms. The maximum Gasteiger partial charge on any atom is 0.285 e. The molecule has 1 aliphatic heterocycles. The van der Waals surface area contributed by atoms with Gasteiger partial charge in [0.2, 0.25) is 0 Å². The first-order valence-electron chi connectivity index (χ1n) is 9.72. The van der Waals surface area contributed by atoms with Gasteiger partial charge in [0.25, 0.3) is 5.91 Å². The highest BCUT2D eigenvalue weighted by Crippen LogP contribution is 2.39. The first-order chi connectivity index (χ1) is 15.4. The molecule has 0 spiro atoms. The van der Waals surface area contributed by atoms with Crippen molar-refractivity contribution in [2.45, 2.75) is 20.5 Å². The van der Waals surface area contributed by atoms with Crippen LogP contribution in [0.2, 0.25) is 0 Å². The van der Waals surface area contributed by atoms with Gasteiger partial charge in [-0.1, -0.05) is 17.8 Å². The number of aryl methyl sites for hydroxylation is 2. The van der Waals surface area contributed by atoms with E-state index < -0.39 is 0 Å². The van der Waals surface area contributed by atoms with Crippen LogP contribution < -0.4 is 14.5 Å². The quantitative estimate of drug-likeness (QED) is 0.315. The lowest BCUT2D eigenvalue weighted by atomic mass is 10.2. The topological polar surface area (TPSA) is 56.6 Å². The third-order valence-electron chi connectivity index (χ3n) is 4.85. The number of hydrogen-bond acceptors (Lipinski definition) is 6. The first-order valence-corrected chi connectivity index (χ1v) is 11.7. The lowest BCUT2D eigenvalue weighted by molar-refractivity contribution is -0.114. The van der Waals surface area contributed by atoms with Gasteiger partial charge in [-0.05, 0) is 90.0 Å². The summed E-state index contributed by atoms with van der Waals surface area (Å²) in [6, 6.07) is 13.3. The number of carbonyl (C=O) groups excluding carboxylic acids is 1. The molecule has 4 rings (SSSR count). The summed E-state index contributed by atoms with van der Waals surface area (Å²) < 4.78 is 14.5. The Labute approximate surface area is 204 Å². The van der Waals surface area contributed by atoms with Crippen LogP contribution >= 0.6 is 39.9 Å². The fourth-order valence-electron chi connectivity index (χ4n) is 3.35. The smallest absolute Gasteiger partial charge is 0.285 e. The Morgan fingerprint density at radius 3 is 2.59 bits per heavy atom. The molecule has 1 saturated heterocycles. The number of thiocarbonyl (C=S) groups is 1. The van der Waals surface area contributed by atoms with Gasteiger partial charge in [-0.3, -0.25) is 14.5 Å². The molecule has 2 aromatic heterocycles. The van der Waals surface area contributed by atoms with Gasteiger partial charge in [0.05, 0.1) is 22.2 Å². The molecule has 3 aromatic rings. The number of ether oxygens (including phenoxy) is 2. The van der Waals surface area contributed by atoms with Gasteiger partial charge in [-0.2, -0.15) is 5.01 Å². The number of methoxy groups -OCH3 is 1. The van der Waals surface area contributed by atoms with Crippen LogP contribution in [0.15, 0.2) is 58.0 Å². The zero-order valence-electron chi connectivity index (χ0n) is 17.7. The van der Waals surface area contributed by atoms with Crippen molar-refractivity contribution >= 4 is 56.2 Å². The average molecular weight is 530 g/mol. The minimum absolute atomic E-state index is 0.159. The SMILES string of the molecule is COc1cc(/C=C2/SC(=S)N(n3c(C)ccc3C)C2=O)cc(Br)c1OCc1ccccn1. The summed E-state index contributed by atoms with van der Waals surface area (Å²) >= 11 is 10.3. The molecule has 0 N–H and O–H groups in total. The van der Waals surface area contributed by atoms with E-state index in [1.54, 1.807) is 13.3 Å². The molecule has 9 heteroatoms. The highest BCUT2D eigenvalue weighted by molar-refractivity contribution is 9.10. The van der Waals surface area contributed by atoms with Crippen molar-refractivity contribution in [3.05, 3.63) is 80.7 Å². The Morgan fingerprint density at radius 1 is 1.19 bits per heavy atom. The molecule has 1 amide bonds. The van der Waals surface area contributed by atoms with Gasteiger partial charge in [0.15, 0.2) is 15.8 Å². The molecule has 164 valence electrons. The van der Waals surface area contributed by atoms with Crippen molar-refractivity contribution in [1.29, 1.82) is 0 Å². The molecule has 1 aromatic carbocycles. The van der Waals surface area contributed by atoms with Crippen LogP contribution in [-0.2, 0) is 11.4 Å². The number of benzene rings is 1. The van der Waals surface area contributed by atoms with Crippen molar-refractivity contribution in [2.75, 3.05) is 12.1 Å². The largest absolute Gasteiger partial charge is 0.493 e. The van der Waals surface area contributed by atoms with E-state index in [2.05, 4.69) is 20.9 Å². The van der Waals surface area contributed by atoms with E-state index in [1.165, 1.54) is 16.8 Å². The standard InChI is InChI=1S/C23H20BrN3O3S2/c1-14-7-8-15(2)26(14)27-22(28)20(32-23(27)31)12-16-10-18(24)21(19(11-16)29-3)30-13-17-6-4-5-9-25-17/h4-12H,13H2,1-3H3/b20-12+. The minimum Gasteiger partial charge on any atom is -0.493 e. The monoisotopic (exact) mass is 529 g/mol. The molecule has 0 bridgehead atoms. The predicted molar refractivity (Wildman–Crippen MR) is 135 cm³/mol. The van der Waals surface area contributed by atoms with E-state index >= 15 is 0 Å². The zero-order chi connectivity index (χ0) is 22.8. The fourth-order valence-corrected chi connectivity index (χ4v) is 5.17.